The van der Waals surface area contributed by atoms with E-state index in [1.165, 1.54) is 5.69 Å². The van der Waals surface area contributed by atoms with E-state index >= 15 is 0 Å². The topological polar surface area (TPSA) is 44.8 Å². The number of hydrogen-bond donors (Lipinski definition) is 1. The lowest BCUT2D eigenvalue weighted by Gasteiger charge is -2.36. The van der Waals surface area contributed by atoms with Gasteiger partial charge in [0.1, 0.15) is 5.75 Å². The number of methoxy groups -OCH3 is 1. The molecule has 0 saturated carbocycles. The number of rotatable bonds is 6. The quantitative estimate of drug-likeness (QED) is 0.818. The Morgan fingerprint density at radius 1 is 1.11 bits per heavy atom. The maximum absolute atomic E-state index is 12.2. The minimum atomic E-state index is 0.0398. The molecule has 1 saturated heterocycles. The van der Waals surface area contributed by atoms with Crippen molar-refractivity contribution in [3.8, 4) is 5.75 Å². The monoisotopic (exact) mass is 387 g/mol. The van der Waals surface area contributed by atoms with Crippen LogP contribution in [0.15, 0.2) is 42.5 Å². The van der Waals surface area contributed by atoms with Gasteiger partial charge in [0.25, 0.3) is 0 Å². The van der Waals surface area contributed by atoms with Crippen LogP contribution in [0.3, 0.4) is 0 Å². The zero-order valence-corrected chi connectivity index (χ0v) is 16.6. The van der Waals surface area contributed by atoms with E-state index < -0.39 is 0 Å². The summed E-state index contributed by atoms with van der Waals surface area (Å²) in [5.74, 6) is 0.914. The van der Waals surface area contributed by atoms with E-state index in [1.54, 1.807) is 13.2 Å². The first kappa shape index (κ1) is 19.5. The molecular formula is C21H26ClN3O2. The highest BCUT2D eigenvalue weighted by molar-refractivity contribution is 6.30. The van der Waals surface area contributed by atoms with Crippen LogP contribution in [0.4, 0.5) is 11.4 Å². The van der Waals surface area contributed by atoms with Crippen LogP contribution in [0.5, 0.6) is 5.75 Å². The molecule has 1 fully saturated rings. The molecule has 2 aromatic carbocycles. The molecule has 144 valence electrons. The lowest BCUT2D eigenvalue weighted by atomic mass is 10.2. The van der Waals surface area contributed by atoms with Crippen LogP contribution in [0.25, 0.3) is 0 Å². The Morgan fingerprint density at radius 2 is 1.81 bits per heavy atom. The van der Waals surface area contributed by atoms with Crippen LogP contribution in [0, 0.1) is 6.92 Å². The Labute approximate surface area is 165 Å². The second kappa shape index (κ2) is 9.11. The van der Waals surface area contributed by atoms with Crippen molar-refractivity contribution >= 4 is 28.9 Å². The summed E-state index contributed by atoms with van der Waals surface area (Å²) in [6, 6.07) is 13.7. The Bertz CT molecular complexity index is 771. The number of halogens is 1. The standard InChI is InChI=1S/C21H26ClN3O2/c1-16-15-17(22)3-8-20(16)23-21(26)9-10-24-11-13-25(14-12-24)18-4-6-19(27-2)7-5-18/h3-8,15H,9-14H2,1-2H3,(H,23,26). The molecular weight excluding hydrogens is 362 g/mol. The molecule has 0 radical (unpaired) electrons. The first-order chi connectivity index (χ1) is 13.0. The van der Waals surface area contributed by atoms with Crippen molar-refractivity contribution in [1.82, 2.24) is 4.90 Å². The highest BCUT2D eigenvalue weighted by Gasteiger charge is 2.18. The number of aryl methyl sites for hydroxylation is 1. The third kappa shape index (κ3) is 5.37. The summed E-state index contributed by atoms with van der Waals surface area (Å²) < 4.78 is 5.21. The van der Waals surface area contributed by atoms with Gasteiger partial charge in [-0.05, 0) is 55.0 Å². The molecule has 6 heteroatoms. The van der Waals surface area contributed by atoms with Crippen molar-refractivity contribution in [3.63, 3.8) is 0 Å². The minimum Gasteiger partial charge on any atom is -0.497 e. The lowest BCUT2D eigenvalue weighted by molar-refractivity contribution is -0.116. The fraction of sp³-hybridized carbons (Fsp3) is 0.381. The van der Waals surface area contributed by atoms with E-state index in [1.807, 2.05) is 31.2 Å². The molecule has 0 atom stereocenters. The van der Waals surface area contributed by atoms with Crippen molar-refractivity contribution in [1.29, 1.82) is 0 Å². The van der Waals surface area contributed by atoms with Gasteiger partial charge in [0.15, 0.2) is 0 Å². The Morgan fingerprint density at radius 3 is 2.44 bits per heavy atom. The molecule has 2 aromatic rings. The van der Waals surface area contributed by atoms with Crippen LogP contribution >= 0.6 is 11.6 Å². The summed E-state index contributed by atoms with van der Waals surface area (Å²) in [6.07, 6.45) is 0.491. The second-order valence-electron chi connectivity index (χ2n) is 6.78. The molecule has 5 nitrogen and oxygen atoms in total. The summed E-state index contributed by atoms with van der Waals surface area (Å²) in [5, 5.41) is 3.66. The number of ether oxygens (including phenoxy) is 1. The van der Waals surface area contributed by atoms with E-state index in [-0.39, 0.29) is 5.91 Å². The van der Waals surface area contributed by atoms with E-state index in [9.17, 15) is 4.79 Å². The van der Waals surface area contributed by atoms with E-state index in [2.05, 4.69) is 27.2 Å². The van der Waals surface area contributed by atoms with Crippen molar-refractivity contribution in [3.05, 3.63) is 53.1 Å². The highest BCUT2D eigenvalue weighted by atomic mass is 35.5. The highest BCUT2D eigenvalue weighted by Crippen LogP contribution is 2.21. The molecule has 0 aliphatic carbocycles. The number of carbonyl (C=O) groups is 1. The van der Waals surface area contributed by atoms with Gasteiger partial charge in [-0.3, -0.25) is 9.69 Å². The third-order valence-corrected chi connectivity index (χ3v) is 5.16. The summed E-state index contributed by atoms with van der Waals surface area (Å²) in [4.78, 5) is 17.0. The smallest absolute Gasteiger partial charge is 0.225 e. The predicted octanol–water partition coefficient (Wildman–Crippen LogP) is 3.81. The largest absolute Gasteiger partial charge is 0.497 e. The predicted molar refractivity (Wildman–Crippen MR) is 111 cm³/mol. The number of nitrogens with one attached hydrogen (secondary N) is 1. The number of hydrogen-bond acceptors (Lipinski definition) is 4. The molecule has 0 aromatic heterocycles. The molecule has 1 N–H and O–H groups in total. The second-order valence-corrected chi connectivity index (χ2v) is 7.22. The molecule has 1 aliphatic rings. The van der Waals surface area contributed by atoms with Crippen LogP contribution in [0.2, 0.25) is 5.02 Å². The Hall–Kier alpha value is -2.24. The molecule has 27 heavy (non-hydrogen) atoms. The summed E-state index contributed by atoms with van der Waals surface area (Å²) in [6.45, 7) is 6.56. The van der Waals surface area contributed by atoms with Crippen molar-refractivity contribution in [2.24, 2.45) is 0 Å². The molecule has 0 spiro atoms. The fourth-order valence-electron chi connectivity index (χ4n) is 3.26. The van der Waals surface area contributed by atoms with Gasteiger partial charge in [0.05, 0.1) is 7.11 Å². The summed E-state index contributed by atoms with van der Waals surface area (Å²) in [7, 11) is 1.68. The Kier molecular flexibility index (Phi) is 6.58. The van der Waals surface area contributed by atoms with Crippen LogP contribution in [0.1, 0.15) is 12.0 Å². The zero-order valence-electron chi connectivity index (χ0n) is 15.9. The summed E-state index contributed by atoms with van der Waals surface area (Å²) in [5.41, 5.74) is 3.02. The van der Waals surface area contributed by atoms with Crippen LogP contribution < -0.4 is 15.0 Å². The number of carbonyl (C=O) groups excluding carboxylic acids is 1. The number of anilines is 2. The van der Waals surface area contributed by atoms with Gasteiger partial charge in [0.2, 0.25) is 5.91 Å². The first-order valence-electron chi connectivity index (χ1n) is 9.22. The summed E-state index contributed by atoms with van der Waals surface area (Å²) >= 11 is 5.96. The van der Waals surface area contributed by atoms with Crippen LogP contribution in [-0.2, 0) is 4.79 Å². The minimum absolute atomic E-state index is 0.0398. The van der Waals surface area contributed by atoms with E-state index in [0.717, 1.165) is 49.7 Å². The molecule has 0 unspecified atom stereocenters. The van der Waals surface area contributed by atoms with Gasteiger partial charge in [-0.2, -0.15) is 0 Å². The van der Waals surface area contributed by atoms with Gasteiger partial charge in [-0.15, -0.1) is 0 Å². The fourth-order valence-corrected chi connectivity index (χ4v) is 3.49. The van der Waals surface area contributed by atoms with Crippen LogP contribution in [-0.4, -0.2) is 50.6 Å². The molecule has 1 aliphatic heterocycles. The van der Waals surface area contributed by atoms with Crippen molar-refractivity contribution in [2.45, 2.75) is 13.3 Å². The average molecular weight is 388 g/mol. The molecule has 0 bridgehead atoms. The number of piperazine rings is 1. The molecule has 1 heterocycles. The SMILES string of the molecule is COc1ccc(N2CCN(CCC(=O)Nc3ccc(Cl)cc3C)CC2)cc1. The Balaban J connectivity index is 1.43. The van der Waals surface area contributed by atoms with Gasteiger partial charge < -0.3 is 15.0 Å². The maximum Gasteiger partial charge on any atom is 0.225 e. The van der Waals surface area contributed by atoms with Gasteiger partial charge in [-0.25, -0.2) is 0 Å². The van der Waals surface area contributed by atoms with Gasteiger partial charge >= 0.3 is 0 Å². The first-order valence-corrected chi connectivity index (χ1v) is 9.60. The van der Waals surface area contributed by atoms with Gasteiger partial charge in [0, 0.05) is 55.5 Å². The van der Waals surface area contributed by atoms with Crippen molar-refractivity contribution in [2.75, 3.05) is 50.1 Å². The van der Waals surface area contributed by atoms with E-state index in [4.69, 9.17) is 16.3 Å². The zero-order chi connectivity index (χ0) is 19.2. The molecule has 3 rings (SSSR count). The van der Waals surface area contributed by atoms with Gasteiger partial charge in [-0.1, -0.05) is 11.6 Å². The molecule has 1 amide bonds. The van der Waals surface area contributed by atoms with E-state index in [0.29, 0.717) is 11.4 Å². The maximum atomic E-state index is 12.2. The average Bonchev–Trinajstić information content (AvgIpc) is 2.69. The lowest BCUT2D eigenvalue weighted by Crippen LogP contribution is -2.47. The number of nitrogens with zero attached hydrogens (tertiary/aromatic N) is 2. The number of amides is 1. The number of benzene rings is 2. The van der Waals surface area contributed by atoms with Crippen molar-refractivity contribution < 1.29 is 9.53 Å². The normalized spacial score (nSPS) is 14.9. The third-order valence-electron chi connectivity index (χ3n) is 4.93.